The maximum Gasteiger partial charge on any atom is 0.296 e. The van der Waals surface area contributed by atoms with Gasteiger partial charge in [0.1, 0.15) is 5.82 Å². The molecule has 0 aliphatic carbocycles. The zero-order chi connectivity index (χ0) is 25.4. The SMILES string of the molecule is CN(C)c1ccc(C2C(C(=O)CCc3ccccc3)=C(O)C(=O)N2c2nc3ccc(F)cc3[nH]2)cc1. The number of hydrogen-bond acceptors (Lipinski definition) is 5. The van der Waals surface area contributed by atoms with Crippen LogP contribution in [0.1, 0.15) is 23.6 Å². The first kappa shape index (κ1) is 23.3. The van der Waals surface area contributed by atoms with Gasteiger partial charge >= 0.3 is 0 Å². The van der Waals surface area contributed by atoms with Crippen molar-refractivity contribution in [2.24, 2.45) is 0 Å². The van der Waals surface area contributed by atoms with E-state index >= 15 is 0 Å². The number of amides is 1. The Morgan fingerprint density at radius 1 is 1.08 bits per heavy atom. The maximum absolute atomic E-state index is 13.8. The molecule has 0 spiro atoms. The number of ketones is 1. The van der Waals surface area contributed by atoms with E-state index < -0.39 is 23.5 Å². The van der Waals surface area contributed by atoms with E-state index in [1.807, 2.05) is 73.6 Å². The number of halogens is 1. The van der Waals surface area contributed by atoms with Gasteiger partial charge < -0.3 is 15.0 Å². The summed E-state index contributed by atoms with van der Waals surface area (Å²) in [6.45, 7) is 0. The fraction of sp³-hybridized carbons (Fsp3) is 0.179. The molecule has 3 aromatic carbocycles. The Kier molecular flexibility index (Phi) is 6.01. The number of nitrogens with one attached hydrogen (secondary N) is 1. The molecule has 1 aliphatic rings. The molecule has 0 bridgehead atoms. The van der Waals surface area contributed by atoms with Gasteiger partial charge in [-0.15, -0.1) is 0 Å². The number of aryl methyl sites for hydroxylation is 1. The zero-order valence-electron chi connectivity index (χ0n) is 19.9. The molecule has 0 fully saturated rings. The monoisotopic (exact) mass is 484 g/mol. The van der Waals surface area contributed by atoms with Gasteiger partial charge in [-0.25, -0.2) is 9.37 Å². The minimum absolute atomic E-state index is 0.0279. The van der Waals surface area contributed by atoms with Crippen LogP contribution in [0.2, 0.25) is 0 Å². The fourth-order valence-corrected chi connectivity index (χ4v) is 4.50. The third-order valence-electron chi connectivity index (χ3n) is 6.38. The number of aromatic amines is 1. The summed E-state index contributed by atoms with van der Waals surface area (Å²) in [6.07, 6.45) is 0.600. The number of imidazole rings is 1. The second-order valence-corrected chi connectivity index (χ2v) is 8.96. The lowest BCUT2D eigenvalue weighted by Gasteiger charge is -2.25. The van der Waals surface area contributed by atoms with Crippen LogP contribution >= 0.6 is 0 Å². The summed E-state index contributed by atoms with van der Waals surface area (Å²) >= 11 is 0. The van der Waals surface area contributed by atoms with Crippen molar-refractivity contribution in [2.75, 3.05) is 23.9 Å². The Hall–Kier alpha value is -4.46. The van der Waals surface area contributed by atoms with Crippen LogP contribution in [0, 0.1) is 5.82 Å². The quantitative estimate of drug-likeness (QED) is 0.391. The molecule has 0 radical (unpaired) electrons. The number of H-pyrrole nitrogens is 1. The van der Waals surface area contributed by atoms with Gasteiger partial charge in [0, 0.05) is 26.2 Å². The van der Waals surface area contributed by atoms with E-state index in [2.05, 4.69) is 9.97 Å². The molecule has 182 valence electrons. The van der Waals surface area contributed by atoms with E-state index in [9.17, 15) is 19.1 Å². The third-order valence-corrected chi connectivity index (χ3v) is 6.38. The molecule has 0 saturated carbocycles. The minimum Gasteiger partial charge on any atom is -0.503 e. The van der Waals surface area contributed by atoms with Crippen molar-refractivity contribution < 1.29 is 19.1 Å². The van der Waals surface area contributed by atoms with E-state index in [1.165, 1.54) is 23.1 Å². The Balaban J connectivity index is 1.56. The number of carbonyl (C=O) groups excluding carboxylic acids is 2. The highest BCUT2D eigenvalue weighted by molar-refractivity contribution is 6.16. The highest BCUT2D eigenvalue weighted by Crippen LogP contribution is 2.41. The Bertz CT molecular complexity index is 1480. The number of carbonyl (C=O) groups is 2. The molecule has 7 nitrogen and oxygen atoms in total. The molecule has 4 aromatic rings. The van der Waals surface area contributed by atoms with E-state index in [-0.39, 0.29) is 23.7 Å². The molecule has 1 aromatic heterocycles. The summed E-state index contributed by atoms with van der Waals surface area (Å²) in [7, 11) is 3.83. The van der Waals surface area contributed by atoms with Gasteiger partial charge in [-0.2, -0.15) is 0 Å². The number of nitrogens with zero attached hydrogens (tertiary/aromatic N) is 3. The summed E-state index contributed by atoms with van der Waals surface area (Å²) in [5.74, 6) is -1.98. The van der Waals surface area contributed by atoms with E-state index in [4.69, 9.17) is 0 Å². The molecule has 0 saturated heterocycles. The van der Waals surface area contributed by atoms with Crippen LogP contribution < -0.4 is 9.80 Å². The van der Waals surface area contributed by atoms with Gasteiger partial charge in [0.15, 0.2) is 11.5 Å². The summed E-state index contributed by atoms with van der Waals surface area (Å²) in [6, 6.07) is 20.2. The molecule has 1 atom stereocenters. The number of benzene rings is 3. The summed E-state index contributed by atoms with van der Waals surface area (Å²) < 4.78 is 13.8. The van der Waals surface area contributed by atoms with Gasteiger partial charge in [0.25, 0.3) is 5.91 Å². The minimum atomic E-state index is -0.887. The number of Topliss-reactive ketones (excluding diaryl/α,β-unsaturated/α-hetero) is 1. The molecule has 1 unspecified atom stereocenters. The predicted octanol–water partition coefficient (Wildman–Crippen LogP) is 4.87. The predicted molar refractivity (Wildman–Crippen MR) is 136 cm³/mol. The summed E-state index contributed by atoms with van der Waals surface area (Å²) in [4.78, 5) is 37.4. The van der Waals surface area contributed by atoms with Crippen LogP contribution in [-0.2, 0) is 16.0 Å². The van der Waals surface area contributed by atoms with Gasteiger partial charge in [-0.1, -0.05) is 42.5 Å². The van der Waals surface area contributed by atoms with Gasteiger partial charge in [-0.05, 0) is 47.9 Å². The standard InChI is InChI=1S/C28H25FN4O3/c1-32(2)20-12-9-18(10-13-20)25-24(23(34)15-8-17-6-4-3-5-7-17)26(35)27(36)33(25)28-30-21-14-11-19(29)16-22(21)31-28/h3-7,9-14,16,25,35H,8,15H2,1-2H3,(H,30,31). The molecule has 1 amide bonds. The normalized spacial score (nSPS) is 15.7. The Labute approximate surface area is 207 Å². The van der Waals surface area contributed by atoms with Crippen molar-refractivity contribution in [3.05, 3.63) is 101 Å². The van der Waals surface area contributed by atoms with E-state index in [0.717, 1.165) is 11.3 Å². The van der Waals surface area contributed by atoms with Crippen molar-refractivity contribution in [1.82, 2.24) is 9.97 Å². The smallest absolute Gasteiger partial charge is 0.296 e. The summed E-state index contributed by atoms with van der Waals surface area (Å²) in [5.41, 5.74) is 3.47. The topological polar surface area (TPSA) is 89.5 Å². The summed E-state index contributed by atoms with van der Waals surface area (Å²) in [5, 5.41) is 10.9. The zero-order valence-corrected chi connectivity index (χ0v) is 19.9. The number of rotatable bonds is 7. The van der Waals surface area contributed by atoms with Gasteiger partial charge in [-0.3, -0.25) is 14.5 Å². The van der Waals surface area contributed by atoms with Crippen molar-refractivity contribution >= 4 is 34.4 Å². The van der Waals surface area contributed by atoms with Crippen LogP contribution in [-0.4, -0.2) is 40.9 Å². The molecule has 2 heterocycles. The first-order valence-electron chi connectivity index (χ1n) is 11.6. The third kappa shape index (κ3) is 4.22. The lowest BCUT2D eigenvalue weighted by Crippen LogP contribution is -2.32. The molecule has 5 rings (SSSR count). The average Bonchev–Trinajstić information content (AvgIpc) is 3.41. The second-order valence-electron chi connectivity index (χ2n) is 8.96. The van der Waals surface area contributed by atoms with Crippen molar-refractivity contribution in [2.45, 2.75) is 18.9 Å². The van der Waals surface area contributed by atoms with Crippen molar-refractivity contribution in [3.63, 3.8) is 0 Å². The number of fused-ring (bicyclic) bond motifs is 1. The lowest BCUT2D eigenvalue weighted by molar-refractivity contribution is -0.118. The molecule has 8 heteroatoms. The van der Waals surface area contributed by atoms with Crippen LogP contribution in [0.25, 0.3) is 11.0 Å². The van der Waals surface area contributed by atoms with Gasteiger partial charge in [0.2, 0.25) is 5.95 Å². The molecule has 2 N–H and O–H groups in total. The van der Waals surface area contributed by atoms with E-state index in [1.54, 1.807) is 0 Å². The van der Waals surface area contributed by atoms with Crippen LogP contribution in [0.3, 0.4) is 0 Å². The number of anilines is 2. The number of aromatic nitrogens is 2. The van der Waals surface area contributed by atoms with Crippen LogP contribution in [0.5, 0.6) is 0 Å². The van der Waals surface area contributed by atoms with Crippen molar-refractivity contribution in [3.8, 4) is 0 Å². The number of aliphatic hydroxyl groups is 1. The number of aliphatic hydroxyl groups excluding tert-OH is 1. The molecular formula is C28H25FN4O3. The average molecular weight is 485 g/mol. The second kappa shape index (κ2) is 9.30. The Morgan fingerprint density at radius 3 is 2.50 bits per heavy atom. The lowest BCUT2D eigenvalue weighted by atomic mass is 9.93. The highest BCUT2D eigenvalue weighted by Gasteiger charge is 2.45. The molecule has 1 aliphatic heterocycles. The van der Waals surface area contributed by atoms with Gasteiger partial charge in [0.05, 0.1) is 22.6 Å². The number of hydrogen-bond donors (Lipinski definition) is 2. The van der Waals surface area contributed by atoms with Crippen LogP contribution in [0.15, 0.2) is 84.1 Å². The highest BCUT2D eigenvalue weighted by atomic mass is 19.1. The first-order valence-corrected chi connectivity index (χ1v) is 11.6. The van der Waals surface area contributed by atoms with E-state index in [0.29, 0.717) is 23.0 Å². The van der Waals surface area contributed by atoms with Crippen molar-refractivity contribution in [1.29, 1.82) is 0 Å². The maximum atomic E-state index is 13.8. The largest absolute Gasteiger partial charge is 0.503 e. The molecular weight excluding hydrogens is 459 g/mol. The van der Waals surface area contributed by atoms with Crippen LogP contribution in [0.4, 0.5) is 16.0 Å². The molecule has 36 heavy (non-hydrogen) atoms. The fourth-order valence-electron chi connectivity index (χ4n) is 4.50. The first-order chi connectivity index (χ1) is 17.3. The Morgan fingerprint density at radius 2 is 1.81 bits per heavy atom.